The number of amides is 1. The van der Waals surface area contributed by atoms with E-state index in [1.54, 1.807) is 6.92 Å². The first-order valence-electron chi connectivity index (χ1n) is 7.40. The van der Waals surface area contributed by atoms with Crippen molar-refractivity contribution >= 4 is 16.9 Å². The predicted molar refractivity (Wildman–Crippen MR) is 79.4 cm³/mol. The Morgan fingerprint density at radius 3 is 2.87 bits per heavy atom. The monoisotopic (exact) mass is 317 g/mol. The number of phenols is 1. The Hall–Kier alpha value is -2.54. The number of rotatable bonds is 0. The number of piperidine rings is 1. The highest BCUT2D eigenvalue weighted by molar-refractivity contribution is 5.91. The summed E-state index contributed by atoms with van der Waals surface area (Å²) in [5.74, 6) is -1.02. The third-order valence-corrected chi connectivity index (χ3v) is 4.52. The van der Waals surface area contributed by atoms with Crippen molar-refractivity contribution in [3.8, 4) is 11.5 Å². The Morgan fingerprint density at radius 1 is 1.30 bits per heavy atom. The number of aliphatic hydroxyl groups is 1. The quantitative estimate of drug-likeness (QED) is 0.661. The molecule has 0 radical (unpaired) electrons. The Labute approximate surface area is 130 Å². The van der Waals surface area contributed by atoms with Gasteiger partial charge in [0.2, 0.25) is 12.2 Å². The number of fused-ring (bicyclic) bond motifs is 5. The van der Waals surface area contributed by atoms with Gasteiger partial charge < -0.3 is 24.7 Å². The molecule has 3 heterocycles. The Kier molecular flexibility index (Phi) is 2.89. The minimum atomic E-state index is -1.30. The fourth-order valence-electron chi connectivity index (χ4n) is 3.56. The van der Waals surface area contributed by atoms with E-state index in [-0.39, 0.29) is 39.7 Å². The van der Waals surface area contributed by atoms with Crippen molar-refractivity contribution < 1.29 is 24.2 Å². The molecule has 0 saturated carbocycles. The first-order valence-corrected chi connectivity index (χ1v) is 7.40. The third-order valence-electron chi connectivity index (χ3n) is 4.52. The van der Waals surface area contributed by atoms with Crippen molar-refractivity contribution in [3.63, 3.8) is 0 Å². The molecular formula is C16H15NO6. The number of nitrogens with one attached hydrogen (secondary N) is 1. The molecular weight excluding hydrogens is 302 g/mol. The van der Waals surface area contributed by atoms with Gasteiger partial charge in [0.1, 0.15) is 34.1 Å². The second-order valence-corrected chi connectivity index (χ2v) is 5.95. The Balaban J connectivity index is 2.07. The zero-order valence-electron chi connectivity index (χ0n) is 12.3. The van der Waals surface area contributed by atoms with Gasteiger partial charge in [0, 0.05) is 30.2 Å². The van der Waals surface area contributed by atoms with Crippen molar-refractivity contribution in [1.82, 2.24) is 5.32 Å². The molecule has 0 bridgehead atoms. The van der Waals surface area contributed by atoms with Crippen molar-refractivity contribution in [2.45, 2.75) is 25.6 Å². The van der Waals surface area contributed by atoms with Crippen LogP contribution in [0.2, 0.25) is 0 Å². The number of carbonyl (C=O) groups is 1. The number of aliphatic hydroxyl groups excluding tert-OH is 1. The fraction of sp³-hybridized carbons (Fsp3) is 0.375. The van der Waals surface area contributed by atoms with Crippen molar-refractivity contribution in [2.24, 2.45) is 5.92 Å². The maximum absolute atomic E-state index is 12.2. The number of carbonyl (C=O) groups excluding carboxylic acids is 1. The van der Waals surface area contributed by atoms with Crippen LogP contribution in [-0.4, -0.2) is 29.0 Å². The van der Waals surface area contributed by atoms with Crippen LogP contribution in [0.15, 0.2) is 21.3 Å². The normalized spacial score (nSPS) is 26.2. The van der Waals surface area contributed by atoms with Gasteiger partial charge in [0.05, 0.1) is 0 Å². The summed E-state index contributed by atoms with van der Waals surface area (Å²) in [4.78, 5) is 24.3. The summed E-state index contributed by atoms with van der Waals surface area (Å²) in [6.07, 6.45) is -0.720. The lowest BCUT2D eigenvalue weighted by atomic mass is 9.77. The van der Waals surface area contributed by atoms with E-state index < -0.39 is 12.2 Å². The molecule has 7 nitrogen and oxygen atoms in total. The Morgan fingerprint density at radius 2 is 2.09 bits per heavy atom. The highest BCUT2D eigenvalue weighted by Gasteiger charge is 2.46. The lowest BCUT2D eigenvalue weighted by Gasteiger charge is -2.39. The molecule has 2 aliphatic rings. The molecule has 120 valence electrons. The SMILES string of the molecule is Cc1cc(=O)c2c(O)cc3c(c2o1)[C@H]1CCNC(=O)[C@H]1[C@H](O)O3. The van der Waals surface area contributed by atoms with Crippen LogP contribution in [0.25, 0.3) is 11.0 Å². The first-order chi connectivity index (χ1) is 11.0. The molecule has 1 saturated heterocycles. The lowest BCUT2D eigenvalue weighted by Crippen LogP contribution is -2.50. The second kappa shape index (κ2) is 4.73. The molecule has 1 fully saturated rings. The van der Waals surface area contributed by atoms with Gasteiger partial charge >= 0.3 is 0 Å². The standard InChI is InChI=1S/C16H15NO6/c1-6-4-8(18)13-9(19)5-10-11(14(13)22-6)7-2-3-17-15(20)12(7)16(21)23-10/h4-5,7,12,16,19,21H,2-3H2,1H3,(H,17,20)/t7-,12+,16-/m1/s1. The number of hydrogen-bond acceptors (Lipinski definition) is 6. The van der Waals surface area contributed by atoms with Gasteiger partial charge in [-0.2, -0.15) is 0 Å². The molecule has 1 amide bonds. The van der Waals surface area contributed by atoms with E-state index in [2.05, 4.69) is 5.32 Å². The van der Waals surface area contributed by atoms with E-state index in [1.165, 1.54) is 12.1 Å². The van der Waals surface area contributed by atoms with Crippen LogP contribution in [-0.2, 0) is 4.79 Å². The number of ether oxygens (including phenoxy) is 1. The molecule has 0 aliphatic carbocycles. The predicted octanol–water partition coefficient (Wildman–Crippen LogP) is 0.738. The fourth-order valence-corrected chi connectivity index (χ4v) is 3.56. The molecule has 1 aromatic heterocycles. The number of aryl methyl sites for hydroxylation is 1. The highest BCUT2D eigenvalue weighted by atomic mass is 16.6. The third kappa shape index (κ3) is 1.93. The average Bonchev–Trinajstić information content (AvgIpc) is 2.45. The summed E-state index contributed by atoms with van der Waals surface area (Å²) in [6, 6.07) is 2.61. The average molecular weight is 317 g/mol. The number of benzene rings is 1. The lowest BCUT2D eigenvalue weighted by molar-refractivity contribution is -0.146. The molecule has 4 rings (SSSR count). The maximum atomic E-state index is 12.2. The summed E-state index contributed by atoms with van der Waals surface area (Å²) in [5, 5.41) is 23.0. The van der Waals surface area contributed by atoms with E-state index in [9.17, 15) is 19.8 Å². The van der Waals surface area contributed by atoms with Gasteiger partial charge in [0.15, 0.2) is 5.43 Å². The van der Waals surface area contributed by atoms with E-state index in [0.717, 1.165) is 0 Å². The molecule has 7 heteroatoms. The molecule has 0 unspecified atom stereocenters. The molecule has 1 aromatic carbocycles. The van der Waals surface area contributed by atoms with Gasteiger partial charge in [-0.05, 0) is 13.3 Å². The van der Waals surface area contributed by atoms with Crippen LogP contribution in [0.4, 0.5) is 0 Å². The van der Waals surface area contributed by atoms with Crippen LogP contribution in [0.3, 0.4) is 0 Å². The number of phenolic OH excluding ortho intramolecular Hbond substituents is 1. The molecule has 3 atom stereocenters. The summed E-state index contributed by atoms with van der Waals surface area (Å²) >= 11 is 0. The smallest absolute Gasteiger partial charge is 0.230 e. The van der Waals surface area contributed by atoms with E-state index in [4.69, 9.17) is 9.15 Å². The topological polar surface area (TPSA) is 109 Å². The van der Waals surface area contributed by atoms with E-state index >= 15 is 0 Å². The van der Waals surface area contributed by atoms with Crippen molar-refractivity contribution in [3.05, 3.63) is 33.7 Å². The van der Waals surface area contributed by atoms with Crippen LogP contribution >= 0.6 is 0 Å². The zero-order valence-corrected chi connectivity index (χ0v) is 12.3. The first kappa shape index (κ1) is 14.1. The largest absolute Gasteiger partial charge is 0.507 e. The number of aromatic hydroxyl groups is 1. The van der Waals surface area contributed by atoms with Gasteiger partial charge in [-0.15, -0.1) is 0 Å². The van der Waals surface area contributed by atoms with E-state index in [1.807, 2.05) is 0 Å². The summed E-state index contributed by atoms with van der Waals surface area (Å²) in [5.41, 5.74) is 0.428. The molecule has 0 spiro atoms. The summed E-state index contributed by atoms with van der Waals surface area (Å²) in [6.45, 7) is 2.10. The summed E-state index contributed by atoms with van der Waals surface area (Å²) < 4.78 is 11.1. The maximum Gasteiger partial charge on any atom is 0.230 e. The second-order valence-electron chi connectivity index (χ2n) is 5.95. The number of hydrogen-bond donors (Lipinski definition) is 3. The highest BCUT2D eigenvalue weighted by Crippen LogP contribution is 2.48. The van der Waals surface area contributed by atoms with Crippen LogP contribution in [0.1, 0.15) is 23.7 Å². The van der Waals surface area contributed by atoms with E-state index in [0.29, 0.717) is 24.3 Å². The van der Waals surface area contributed by atoms with Gasteiger partial charge in [0.25, 0.3) is 0 Å². The minimum Gasteiger partial charge on any atom is -0.507 e. The molecule has 2 aromatic rings. The molecule has 2 aliphatic heterocycles. The van der Waals surface area contributed by atoms with Crippen LogP contribution in [0.5, 0.6) is 11.5 Å². The van der Waals surface area contributed by atoms with Gasteiger partial charge in [-0.1, -0.05) is 0 Å². The molecule has 23 heavy (non-hydrogen) atoms. The zero-order chi connectivity index (χ0) is 16.3. The van der Waals surface area contributed by atoms with Crippen molar-refractivity contribution in [2.75, 3.05) is 6.54 Å². The minimum absolute atomic E-state index is 0.0686. The summed E-state index contributed by atoms with van der Waals surface area (Å²) in [7, 11) is 0. The van der Waals surface area contributed by atoms with Crippen LogP contribution < -0.4 is 15.5 Å². The van der Waals surface area contributed by atoms with Crippen molar-refractivity contribution in [1.29, 1.82) is 0 Å². The Bertz CT molecular complexity index is 886. The molecule has 3 N–H and O–H groups in total. The van der Waals surface area contributed by atoms with Gasteiger partial charge in [-0.25, -0.2) is 0 Å². The van der Waals surface area contributed by atoms with Gasteiger partial charge in [-0.3, -0.25) is 9.59 Å². The van der Waals surface area contributed by atoms with Crippen LogP contribution in [0, 0.1) is 12.8 Å².